The van der Waals surface area contributed by atoms with Crippen LogP contribution < -0.4 is 0 Å². The fourth-order valence-corrected chi connectivity index (χ4v) is 2.21. The number of hydrogen-bond donors (Lipinski definition) is 0. The fraction of sp³-hybridized carbons (Fsp3) is 0.385. The Morgan fingerprint density at radius 3 is 2.53 bits per heavy atom. The predicted octanol–water partition coefficient (Wildman–Crippen LogP) is 3.40. The summed E-state index contributed by atoms with van der Waals surface area (Å²) in [7, 11) is 0. The second kappa shape index (κ2) is 4.11. The quantitative estimate of drug-likeness (QED) is 0.565. The highest BCUT2D eigenvalue weighted by molar-refractivity contribution is 7.12. The van der Waals surface area contributed by atoms with Crippen molar-refractivity contribution in [1.29, 1.82) is 0 Å². The summed E-state index contributed by atoms with van der Waals surface area (Å²) in [5.41, 5.74) is 0.146. The first-order valence-corrected chi connectivity index (χ1v) is 6.27. The number of esters is 1. The van der Waals surface area contributed by atoms with Gasteiger partial charge in [-0.1, -0.05) is 20.8 Å². The van der Waals surface area contributed by atoms with Crippen molar-refractivity contribution in [3.05, 3.63) is 27.6 Å². The largest absolute Gasteiger partial charge is 0.406 e. The Kier molecular flexibility index (Phi) is 2.91. The van der Waals surface area contributed by atoms with E-state index in [1.54, 1.807) is 17.4 Å². The lowest BCUT2D eigenvalue weighted by atomic mass is 9.97. The molecular weight excluding hydrogens is 234 g/mol. The maximum absolute atomic E-state index is 11.6. The molecular formula is C13H15NO2S. The molecule has 90 valence electrons. The van der Waals surface area contributed by atoms with Crippen LogP contribution >= 0.6 is 11.3 Å². The monoisotopic (exact) mass is 249 g/mol. The minimum Gasteiger partial charge on any atom is -0.406 e. The van der Waals surface area contributed by atoms with Crippen LogP contribution in [-0.2, 0) is 9.53 Å². The van der Waals surface area contributed by atoms with Crippen LogP contribution in [0.3, 0.4) is 0 Å². The summed E-state index contributed by atoms with van der Waals surface area (Å²) >= 11 is 1.63. The lowest BCUT2D eigenvalue weighted by Gasteiger charge is -2.15. The van der Waals surface area contributed by atoms with E-state index in [9.17, 15) is 4.79 Å². The van der Waals surface area contributed by atoms with Crippen LogP contribution in [0.4, 0.5) is 0 Å². The van der Waals surface area contributed by atoms with E-state index < -0.39 is 0 Å². The van der Waals surface area contributed by atoms with E-state index in [1.165, 1.54) is 4.88 Å². The van der Waals surface area contributed by atoms with Crippen molar-refractivity contribution in [3.8, 4) is 0 Å². The van der Waals surface area contributed by atoms with Gasteiger partial charge >= 0.3 is 5.97 Å². The van der Waals surface area contributed by atoms with Crippen molar-refractivity contribution in [3.63, 3.8) is 0 Å². The third kappa shape index (κ3) is 2.64. The molecule has 2 rings (SSSR count). The summed E-state index contributed by atoms with van der Waals surface area (Å²) in [6.45, 7) is 7.94. The van der Waals surface area contributed by atoms with Crippen molar-refractivity contribution in [2.45, 2.75) is 27.7 Å². The Morgan fingerprint density at radius 2 is 2.06 bits per heavy atom. The van der Waals surface area contributed by atoms with Crippen molar-refractivity contribution in [1.82, 2.24) is 0 Å². The molecule has 1 aromatic rings. The van der Waals surface area contributed by atoms with Gasteiger partial charge in [-0.3, -0.25) is 0 Å². The maximum Gasteiger partial charge on any atom is 0.363 e. The predicted molar refractivity (Wildman–Crippen MR) is 70.0 cm³/mol. The van der Waals surface area contributed by atoms with Gasteiger partial charge in [-0.15, -0.1) is 11.3 Å². The molecule has 1 aliphatic heterocycles. The van der Waals surface area contributed by atoms with Gasteiger partial charge in [-0.25, -0.2) is 9.79 Å². The Hall–Kier alpha value is -1.42. The number of aliphatic imine (C=N–C) groups is 1. The molecule has 0 aromatic carbocycles. The Labute approximate surface area is 105 Å². The molecule has 0 atom stereocenters. The van der Waals surface area contributed by atoms with E-state index in [4.69, 9.17) is 4.74 Å². The summed E-state index contributed by atoms with van der Waals surface area (Å²) in [5, 5.41) is 0. The smallest absolute Gasteiger partial charge is 0.363 e. The number of rotatable bonds is 1. The first-order chi connectivity index (χ1) is 7.86. The van der Waals surface area contributed by atoms with E-state index in [1.807, 2.05) is 39.8 Å². The molecule has 0 aliphatic carbocycles. The van der Waals surface area contributed by atoms with Crippen molar-refractivity contribution in [2.24, 2.45) is 10.4 Å². The lowest BCUT2D eigenvalue weighted by molar-refractivity contribution is -0.130. The molecule has 2 heterocycles. The van der Waals surface area contributed by atoms with Crippen LogP contribution in [-0.4, -0.2) is 11.9 Å². The van der Waals surface area contributed by atoms with Gasteiger partial charge in [0.25, 0.3) is 0 Å². The highest BCUT2D eigenvalue weighted by atomic mass is 32.1. The molecule has 0 radical (unpaired) electrons. The van der Waals surface area contributed by atoms with Crippen LogP contribution in [0.1, 0.15) is 30.5 Å². The summed E-state index contributed by atoms with van der Waals surface area (Å²) < 4.78 is 5.16. The standard InChI is InChI=1S/C13H15NO2S/c1-8-5-6-9(17-8)7-10-11(15)16-12(14-10)13(2,3)4/h5-7H,1-4H3/b10-7-. The van der Waals surface area contributed by atoms with Crippen LogP contribution in [0, 0.1) is 12.3 Å². The van der Waals surface area contributed by atoms with Crippen LogP contribution in [0.15, 0.2) is 22.8 Å². The van der Waals surface area contributed by atoms with Crippen molar-refractivity contribution in [2.75, 3.05) is 0 Å². The van der Waals surface area contributed by atoms with E-state index in [-0.39, 0.29) is 11.4 Å². The molecule has 0 fully saturated rings. The van der Waals surface area contributed by atoms with Gasteiger partial charge in [0.2, 0.25) is 5.90 Å². The molecule has 3 nitrogen and oxygen atoms in total. The fourth-order valence-electron chi connectivity index (χ4n) is 1.40. The van der Waals surface area contributed by atoms with Gasteiger partial charge in [-0.2, -0.15) is 0 Å². The Bertz CT molecular complexity index is 518. The van der Waals surface area contributed by atoms with Crippen molar-refractivity contribution < 1.29 is 9.53 Å². The zero-order valence-electron chi connectivity index (χ0n) is 10.4. The number of carbonyl (C=O) groups is 1. The molecule has 0 saturated carbocycles. The highest BCUT2D eigenvalue weighted by Gasteiger charge is 2.31. The number of aryl methyl sites for hydroxylation is 1. The van der Waals surface area contributed by atoms with Gasteiger partial charge in [-0.05, 0) is 25.1 Å². The minimum absolute atomic E-state index is 0.239. The first kappa shape index (κ1) is 12.0. The van der Waals surface area contributed by atoms with Gasteiger partial charge in [0.05, 0.1) is 0 Å². The summed E-state index contributed by atoms with van der Waals surface area (Å²) in [6.07, 6.45) is 1.78. The third-order valence-electron chi connectivity index (χ3n) is 2.30. The number of ether oxygens (including phenoxy) is 1. The molecule has 1 aliphatic rings. The second-order valence-electron chi connectivity index (χ2n) is 5.03. The SMILES string of the molecule is Cc1ccc(/C=C2\N=C(C(C)(C)C)OC2=O)s1. The van der Waals surface area contributed by atoms with E-state index in [0.717, 1.165) is 4.88 Å². The van der Waals surface area contributed by atoms with Gasteiger partial charge in [0, 0.05) is 15.2 Å². The van der Waals surface area contributed by atoms with Gasteiger partial charge in [0.1, 0.15) is 0 Å². The molecule has 0 bridgehead atoms. The highest BCUT2D eigenvalue weighted by Crippen LogP contribution is 2.27. The number of thiophene rings is 1. The number of hydrogen-bond acceptors (Lipinski definition) is 4. The maximum atomic E-state index is 11.6. The van der Waals surface area contributed by atoms with E-state index >= 15 is 0 Å². The van der Waals surface area contributed by atoms with Crippen LogP contribution in [0.2, 0.25) is 0 Å². The van der Waals surface area contributed by atoms with Gasteiger partial charge < -0.3 is 4.74 Å². The van der Waals surface area contributed by atoms with E-state index in [0.29, 0.717) is 11.6 Å². The number of nitrogens with zero attached hydrogens (tertiary/aromatic N) is 1. The van der Waals surface area contributed by atoms with Gasteiger partial charge in [0.15, 0.2) is 5.70 Å². The summed E-state index contributed by atoms with van der Waals surface area (Å²) in [4.78, 5) is 18.1. The van der Waals surface area contributed by atoms with E-state index in [2.05, 4.69) is 4.99 Å². The number of cyclic esters (lactones) is 1. The Morgan fingerprint density at radius 1 is 1.35 bits per heavy atom. The molecule has 0 N–H and O–H groups in total. The molecule has 0 spiro atoms. The van der Waals surface area contributed by atoms with Crippen LogP contribution in [0.5, 0.6) is 0 Å². The second-order valence-corrected chi connectivity index (χ2v) is 6.35. The molecule has 17 heavy (non-hydrogen) atoms. The molecule has 0 saturated heterocycles. The molecule has 4 heteroatoms. The molecule has 0 amide bonds. The van der Waals surface area contributed by atoms with Crippen molar-refractivity contribution >= 4 is 29.3 Å². The zero-order chi connectivity index (χ0) is 12.6. The summed E-state index contributed by atoms with van der Waals surface area (Å²) in [5.74, 6) is 0.128. The number of carbonyl (C=O) groups excluding carboxylic acids is 1. The average molecular weight is 249 g/mol. The zero-order valence-corrected chi connectivity index (χ0v) is 11.2. The lowest BCUT2D eigenvalue weighted by Crippen LogP contribution is -2.21. The molecule has 0 unspecified atom stereocenters. The minimum atomic E-state index is -0.360. The third-order valence-corrected chi connectivity index (χ3v) is 3.25. The topological polar surface area (TPSA) is 38.7 Å². The first-order valence-electron chi connectivity index (χ1n) is 5.46. The Balaban J connectivity index is 2.31. The molecule has 1 aromatic heterocycles. The normalized spacial score (nSPS) is 18.5. The average Bonchev–Trinajstić information content (AvgIpc) is 2.74. The summed E-state index contributed by atoms with van der Waals surface area (Å²) in [6, 6.07) is 4.00. The van der Waals surface area contributed by atoms with Crippen LogP contribution in [0.25, 0.3) is 6.08 Å².